The van der Waals surface area contributed by atoms with Crippen LogP contribution in [0.1, 0.15) is 11.5 Å². The third-order valence-electron chi connectivity index (χ3n) is 3.36. The fourth-order valence-corrected chi connectivity index (χ4v) is 2.58. The van der Waals surface area contributed by atoms with Crippen molar-refractivity contribution in [1.82, 2.24) is 4.90 Å². The molecule has 0 N–H and O–H groups in total. The van der Waals surface area contributed by atoms with Crippen molar-refractivity contribution in [3.05, 3.63) is 77.1 Å². The van der Waals surface area contributed by atoms with Gasteiger partial charge in [-0.3, -0.25) is 4.79 Å². The van der Waals surface area contributed by atoms with Crippen LogP contribution in [0.25, 0.3) is 0 Å². The number of ether oxygens (including phenoxy) is 1. The van der Waals surface area contributed by atoms with E-state index in [2.05, 4.69) is 15.9 Å². The highest BCUT2D eigenvalue weighted by Gasteiger charge is 2.18. The molecular weight excluding hydrogens is 374 g/mol. The SMILES string of the molecule is O=C(COc1cccc(Br)c1)N(Cc1ccco1)Cc1ccco1. The van der Waals surface area contributed by atoms with Crippen molar-refractivity contribution < 1.29 is 18.4 Å². The second kappa shape index (κ2) is 7.88. The topological polar surface area (TPSA) is 55.8 Å². The number of halogens is 1. The van der Waals surface area contributed by atoms with E-state index in [1.54, 1.807) is 35.6 Å². The summed E-state index contributed by atoms with van der Waals surface area (Å²) in [6.07, 6.45) is 3.17. The Hall–Kier alpha value is -2.47. The first-order valence-corrected chi connectivity index (χ1v) is 8.21. The van der Waals surface area contributed by atoms with Crippen LogP contribution in [0.2, 0.25) is 0 Å². The fraction of sp³-hybridized carbons (Fsp3) is 0.167. The number of amides is 1. The van der Waals surface area contributed by atoms with Crippen molar-refractivity contribution in [1.29, 1.82) is 0 Å². The molecule has 0 atom stereocenters. The van der Waals surface area contributed by atoms with Gasteiger partial charge in [0, 0.05) is 4.47 Å². The van der Waals surface area contributed by atoms with Crippen LogP contribution < -0.4 is 4.74 Å². The number of hydrogen-bond donors (Lipinski definition) is 0. The Kier molecular flexibility index (Phi) is 5.38. The van der Waals surface area contributed by atoms with E-state index >= 15 is 0 Å². The minimum atomic E-state index is -0.150. The molecule has 0 radical (unpaired) electrons. The number of benzene rings is 1. The summed E-state index contributed by atoms with van der Waals surface area (Å²) in [5, 5.41) is 0. The summed E-state index contributed by atoms with van der Waals surface area (Å²) in [7, 11) is 0. The molecule has 2 heterocycles. The predicted molar refractivity (Wildman–Crippen MR) is 91.3 cm³/mol. The Labute approximate surface area is 147 Å². The zero-order valence-corrected chi connectivity index (χ0v) is 14.4. The molecule has 0 spiro atoms. The van der Waals surface area contributed by atoms with Gasteiger partial charge in [-0.25, -0.2) is 0 Å². The molecule has 0 fully saturated rings. The maximum Gasteiger partial charge on any atom is 0.261 e. The maximum atomic E-state index is 12.6. The standard InChI is InChI=1S/C18H16BrNO4/c19-14-4-1-5-15(10-14)24-13-18(21)20(11-16-6-2-8-22-16)12-17-7-3-9-23-17/h1-10H,11-13H2. The van der Waals surface area contributed by atoms with E-state index in [1.807, 2.05) is 30.3 Å². The van der Waals surface area contributed by atoms with Gasteiger partial charge in [-0.2, -0.15) is 0 Å². The number of furan rings is 2. The van der Waals surface area contributed by atoms with Crippen LogP contribution in [0.4, 0.5) is 0 Å². The highest BCUT2D eigenvalue weighted by atomic mass is 79.9. The van der Waals surface area contributed by atoms with E-state index in [-0.39, 0.29) is 12.5 Å². The summed E-state index contributed by atoms with van der Waals surface area (Å²) < 4.78 is 17.2. The molecule has 0 unspecified atom stereocenters. The van der Waals surface area contributed by atoms with Crippen molar-refractivity contribution in [2.45, 2.75) is 13.1 Å². The van der Waals surface area contributed by atoms with Gasteiger partial charge in [-0.05, 0) is 42.5 Å². The molecule has 0 aliphatic heterocycles. The van der Waals surface area contributed by atoms with Gasteiger partial charge in [0.05, 0.1) is 25.6 Å². The van der Waals surface area contributed by atoms with Crippen LogP contribution in [-0.4, -0.2) is 17.4 Å². The molecule has 2 aromatic heterocycles. The second-order valence-electron chi connectivity index (χ2n) is 5.15. The first-order valence-electron chi connectivity index (χ1n) is 7.41. The normalized spacial score (nSPS) is 10.5. The average Bonchev–Trinajstić information content (AvgIpc) is 3.26. The Morgan fingerprint density at radius 1 is 1.00 bits per heavy atom. The Morgan fingerprint density at radius 2 is 1.67 bits per heavy atom. The van der Waals surface area contributed by atoms with E-state index in [0.29, 0.717) is 30.4 Å². The van der Waals surface area contributed by atoms with Gasteiger partial charge in [0.25, 0.3) is 5.91 Å². The first kappa shape index (κ1) is 16.4. The molecule has 0 saturated carbocycles. The van der Waals surface area contributed by atoms with E-state index in [0.717, 1.165) is 4.47 Å². The summed E-state index contributed by atoms with van der Waals surface area (Å²) in [4.78, 5) is 14.2. The van der Waals surface area contributed by atoms with Crippen LogP contribution in [0.15, 0.2) is 74.4 Å². The van der Waals surface area contributed by atoms with Crippen molar-refractivity contribution in [2.75, 3.05) is 6.61 Å². The maximum absolute atomic E-state index is 12.6. The predicted octanol–water partition coefficient (Wildman–Crippen LogP) is 4.24. The molecule has 124 valence electrons. The number of carbonyl (C=O) groups excluding carboxylic acids is 1. The number of carbonyl (C=O) groups is 1. The second-order valence-corrected chi connectivity index (χ2v) is 6.07. The molecule has 0 saturated heterocycles. The zero-order chi connectivity index (χ0) is 16.8. The molecule has 24 heavy (non-hydrogen) atoms. The highest BCUT2D eigenvalue weighted by Crippen LogP contribution is 2.18. The lowest BCUT2D eigenvalue weighted by atomic mass is 10.3. The van der Waals surface area contributed by atoms with Crippen LogP contribution in [0.3, 0.4) is 0 Å². The summed E-state index contributed by atoms with van der Waals surface area (Å²) in [5.41, 5.74) is 0. The molecule has 3 aromatic rings. The molecule has 0 aliphatic carbocycles. The summed E-state index contributed by atoms with van der Waals surface area (Å²) in [5.74, 6) is 1.89. The number of nitrogens with zero attached hydrogens (tertiary/aromatic N) is 1. The minimum absolute atomic E-state index is 0.0577. The highest BCUT2D eigenvalue weighted by molar-refractivity contribution is 9.10. The van der Waals surface area contributed by atoms with Gasteiger partial charge >= 0.3 is 0 Å². The zero-order valence-electron chi connectivity index (χ0n) is 12.9. The lowest BCUT2D eigenvalue weighted by molar-refractivity contribution is -0.135. The van der Waals surface area contributed by atoms with Gasteiger partial charge < -0.3 is 18.5 Å². The van der Waals surface area contributed by atoms with Crippen LogP contribution in [0, 0.1) is 0 Å². The first-order chi connectivity index (χ1) is 11.7. The molecule has 0 bridgehead atoms. The Morgan fingerprint density at radius 3 is 2.21 bits per heavy atom. The van der Waals surface area contributed by atoms with Crippen molar-refractivity contribution in [3.63, 3.8) is 0 Å². The van der Waals surface area contributed by atoms with Crippen molar-refractivity contribution in [3.8, 4) is 5.75 Å². The molecule has 1 aromatic carbocycles. The van der Waals surface area contributed by atoms with E-state index in [9.17, 15) is 4.79 Å². The molecule has 3 rings (SSSR count). The third kappa shape index (κ3) is 4.52. The smallest absolute Gasteiger partial charge is 0.261 e. The summed E-state index contributed by atoms with van der Waals surface area (Å²) in [6.45, 7) is 0.653. The van der Waals surface area contributed by atoms with Gasteiger partial charge in [-0.15, -0.1) is 0 Å². The largest absolute Gasteiger partial charge is 0.484 e. The minimum Gasteiger partial charge on any atom is -0.484 e. The van der Waals surface area contributed by atoms with Crippen LogP contribution in [0.5, 0.6) is 5.75 Å². The summed E-state index contributed by atoms with van der Waals surface area (Å²) >= 11 is 3.38. The van der Waals surface area contributed by atoms with E-state index < -0.39 is 0 Å². The molecule has 1 amide bonds. The van der Waals surface area contributed by atoms with Crippen LogP contribution in [-0.2, 0) is 17.9 Å². The third-order valence-corrected chi connectivity index (χ3v) is 3.86. The van der Waals surface area contributed by atoms with Gasteiger partial charge in [0.1, 0.15) is 17.3 Å². The Bertz CT molecular complexity index is 732. The number of rotatable bonds is 7. The van der Waals surface area contributed by atoms with Gasteiger partial charge in [0.2, 0.25) is 0 Å². The van der Waals surface area contributed by atoms with E-state index in [1.165, 1.54) is 0 Å². The lowest BCUT2D eigenvalue weighted by Gasteiger charge is -2.20. The molecule has 6 heteroatoms. The lowest BCUT2D eigenvalue weighted by Crippen LogP contribution is -2.33. The monoisotopic (exact) mass is 389 g/mol. The number of hydrogen-bond acceptors (Lipinski definition) is 4. The molecule has 0 aliphatic rings. The Balaban J connectivity index is 1.65. The van der Waals surface area contributed by atoms with Crippen molar-refractivity contribution in [2.24, 2.45) is 0 Å². The molecule has 5 nitrogen and oxygen atoms in total. The molecular formula is C18H16BrNO4. The van der Waals surface area contributed by atoms with E-state index in [4.69, 9.17) is 13.6 Å². The average molecular weight is 390 g/mol. The summed E-state index contributed by atoms with van der Waals surface area (Å²) in [6, 6.07) is 14.6. The fourth-order valence-electron chi connectivity index (χ4n) is 2.21. The van der Waals surface area contributed by atoms with Gasteiger partial charge in [0.15, 0.2) is 6.61 Å². The quantitative estimate of drug-likeness (QED) is 0.606. The van der Waals surface area contributed by atoms with Gasteiger partial charge in [-0.1, -0.05) is 22.0 Å². The van der Waals surface area contributed by atoms with Crippen LogP contribution >= 0.6 is 15.9 Å². The van der Waals surface area contributed by atoms with Crippen molar-refractivity contribution >= 4 is 21.8 Å².